The molecule has 0 aromatic carbocycles. The highest BCUT2D eigenvalue weighted by molar-refractivity contribution is 7.92. The number of nitrogens with zero attached hydrogens (tertiary/aromatic N) is 1. The molecule has 0 saturated heterocycles. The Morgan fingerprint density at radius 2 is 2.13 bits per heavy atom. The molecule has 1 aromatic rings. The number of amides is 1. The molecule has 1 N–H and O–H groups in total. The number of carbonyl (C=O) groups excluding carboxylic acids is 1. The van der Waals surface area contributed by atoms with Gasteiger partial charge in [0.1, 0.15) is 11.1 Å². The van der Waals surface area contributed by atoms with Crippen LogP contribution in [0, 0.1) is 0 Å². The van der Waals surface area contributed by atoms with Crippen molar-refractivity contribution in [3.8, 4) is 0 Å². The van der Waals surface area contributed by atoms with E-state index >= 15 is 0 Å². The van der Waals surface area contributed by atoms with Gasteiger partial charge in [0.25, 0.3) is 0 Å². The molecule has 0 bridgehead atoms. The van der Waals surface area contributed by atoms with Crippen molar-refractivity contribution in [3.05, 3.63) is 24.4 Å². The summed E-state index contributed by atoms with van der Waals surface area (Å²) in [4.78, 5) is 15.3. The van der Waals surface area contributed by atoms with Crippen LogP contribution in [0.2, 0.25) is 0 Å². The Kier molecular flexibility index (Phi) is 3.41. The van der Waals surface area contributed by atoms with Crippen LogP contribution < -0.4 is 5.32 Å². The lowest BCUT2D eigenvalue weighted by Crippen LogP contribution is -2.32. The van der Waals surface area contributed by atoms with Crippen LogP contribution in [0.5, 0.6) is 0 Å². The quantitative estimate of drug-likeness (QED) is 0.815. The minimum absolute atomic E-state index is 0.345. The molecule has 1 amide bonds. The van der Waals surface area contributed by atoms with Crippen LogP contribution >= 0.6 is 0 Å². The lowest BCUT2D eigenvalue weighted by atomic mass is 10.4. The van der Waals surface area contributed by atoms with Crippen LogP contribution in [0.3, 0.4) is 0 Å². The molecule has 1 atom stereocenters. The first kappa shape index (κ1) is 11.6. The van der Waals surface area contributed by atoms with Gasteiger partial charge >= 0.3 is 0 Å². The second-order valence-corrected chi connectivity index (χ2v) is 5.54. The molecular weight excluding hydrogens is 216 g/mol. The van der Waals surface area contributed by atoms with Gasteiger partial charge in [-0.2, -0.15) is 0 Å². The first-order valence-corrected chi connectivity index (χ1v) is 6.27. The summed E-state index contributed by atoms with van der Waals surface area (Å²) >= 11 is 0. The molecule has 15 heavy (non-hydrogen) atoms. The van der Waals surface area contributed by atoms with Crippen molar-refractivity contribution in [2.24, 2.45) is 0 Å². The van der Waals surface area contributed by atoms with E-state index in [2.05, 4.69) is 10.3 Å². The second-order valence-electron chi connectivity index (χ2n) is 3.18. The number of sulfone groups is 1. The Bertz CT molecular complexity index is 442. The molecule has 1 heterocycles. The molecule has 0 spiro atoms. The zero-order valence-corrected chi connectivity index (χ0v) is 9.28. The number of hydrogen-bond acceptors (Lipinski definition) is 4. The highest BCUT2D eigenvalue weighted by Crippen LogP contribution is 2.04. The van der Waals surface area contributed by atoms with E-state index in [1.807, 2.05) is 0 Å². The van der Waals surface area contributed by atoms with Gasteiger partial charge in [0, 0.05) is 12.5 Å². The predicted molar refractivity (Wildman–Crippen MR) is 57.2 cm³/mol. The van der Waals surface area contributed by atoms with E-state index in [-0.39, 0.29) is 0 Å². The summed E-state index contributed by atoms with van der Waals surface area (Å²) in [6.45, 7) is 1.34. The average molecular weight is 228 g/mol. The van der Waals surface area contributed by atoms with E-state index in [1.165, 1.54) is 13.1 Å². The molecule has 82 valence electrons. The second kappa shape index (κ2) is 4.39. The maximum atomic E-state index is 11.4. The molecule has 1 aromatic heterocycles. The summed E-state index contributed by atoms with van der Waals surface area (Å²) in [6.07, 6.45) is 2.54. The van der Waals surface area contributed by atoms with Gasteiger partial charge in [-0.3, -0.25) is 4.79 Å². The number of pyridine rings is 1. The highest BCUT2D eigenvalue weighted by atomic mass is 32.2. The van der Waals surface area contributed by atoms with Crippen molar-refractivity contribution >= 4 is 21.6 Å². The fourth-order valence-corrected chi connectivity index (χ4v) is 1.31. The maximum absolute atomic E-state index is 11.4. The molecule has 0 radical (unpaired) electrons. The van der Waals surface area contributed by atoms with E-state index < -0.39 is 21.0 Å². The van der Waals surface area contributed by atoms with Gasteiger partial charge in [-0.05, 0) is 19.1 Å². The normalized spacial score (nSPS) is 13.2. The standard InChI is InChI=1S/C9H12N2O3S/c1-7(15(2,13)14)9(12)11-8-5-3-4-6-10-8/h3-7H,1-2H3,(H,10,11,12)/t7-/m0/s1. The Morgan fingerprint density at radius 3 is 2.60 bits per heavy atom. The minimum atomic E-state index is -3.36. The summed E-state index contributed by atoms with van der Waals surface area (Å²) in [6, 6.07) is 5.00. The van der Waals surface area contributed by atoms with Gasteiger partial charge in [0.15, 0.2) is 9.84 Å². The number of carbonyl (C=O) groups is 1. The van der Waals surface area contributed by atoms with Gasteiger partial charge in [0.05, 0.1) is 0 Å². The number of aromatic nitrogens is 1. The molecule has 0 saturated carbocycles. The van der Waals surface area contributed by atoms with E-state index in [0.29, 0.717) is 5.82 Å². The molecule has 0 fully saturated rings. The first-order valence-electron chi connectivity index (χ1n) is 4.32. The smallest absolute Gasteiger partial charge is 0.243 e. The van der Waals surface area contributed by atoms with Gasteiger partial charge in [-0.25, -0.2) is 13.4 Å². The SMILES string of the molecule is C[C@@H](C(=O)Nc1ccccn1)S(C)(=O)=O. The minimum Gasteiger partial charge on any atom is -0.310 e. The molecule has 0 aliphatic heterocycles. The first-order chi connectivity index (χ1) is 6.91. The van der Waals surface area contributed by atoms with Gasteiger partial charge in [-0.1, -0.05) is 6.07 Å². The van der Waals surface area contributed by atoms with E-state index in [1.54, 1.807) is 18.2 Å². The lowest BCUT2D eigenvalue weighted by Gasteiger charge is -2.09. The van der Waals surface area contributed by atoms with Crippen LogP contribution in [-0.4, -0.2) is 30.8 Å². The number of anilines is 1. The van der Waals surface area contributed by atoms with Crippen molar-refractivity contribution in [1.29, 1.82) is 0 Å². The highest BCUT2D eigenvalue weighted by Gasteiger charge is 2.23. The topological polar surface area (TPSA) is 76.1 Å². The van der Waals surface area contributed by atoms with E-state index in [4.69, 9.17) is 0 Å². The lowest BCUT2D eigenvalue weighted by molar-refractivity contribution is -0.115. The molecule has 5 nitrogen and oxygen atoms in total. The molecule has 0 unspecified atom stereocenters. The fourth-order valence-electron chi connectivity index (χ4n) is 0.859. The summed E-state index contributed by atoms with van der Waals surface area (Å²) in [5.41, 5.74) is 0. The largest absolute Gasteiger partial charge is 0.310 e. The molecular formula is C9H12N2O3S. The molecule has 0 aliphatic carbocycles. The van der Waals surface area contributed by atoms with Crippen molar-refractivity contribution in [2.45, 2.75) is 12.2 Å². The van der Waals surface area contributed by atoms with Crippen LogP contribution in [0.25, 0.3) is 0 Å². The monoisotopic (exact) mass is 228 g/mol. The van der Waals surface area contributed by atoms with Gasteiger partial charge < -0.3 is 5.32 Å². The molecule has 0 aliphatic rings. The van der Waals surface area contributed by atoms with Crippen molar-refractivity contribution < 1.29 is 13.2 Å². The average Bonchev–Trinajstić information content (AvgIpc) is 2.16. The zero-order chi connectivity index (χ0) is 11.5. The number of rotatable bonds is 3. The van der Waals surface area contributed by atoms with Gasteiger partial charge in [0.2, 0.25) is 5.91 Å². The Morgan fingerprint density at radius 1 is 1.47 bits per heavy atom. The zero-order valence-electron chi connectivity index (χ0n) is 8.47. The van der Waals surface area contributed by atoms with Crippen LogP contribution in [0.1, 0.15) is 6.92 Å². The summed E-state index contributed by atoms with van der Waals surface area (Å²) < 4.78 is 22.2. The third-order valence-corrected chi connectivity index (χ3v) is 3.43. The van der Waals surface area contributed by atoms with E-state index in [0.717, 1.165) is 6.26 Å². The summed E-state index contributed by atoms with van der Waals surface area (Å²) in [5, 5.41) is 1.35. The fraction of sp³-hybridized carbons (Fsp3) is 0.333. The third-order valence-electron chi connectivity index (χ3n) is 1.93. The number of hydrogen-bond donors (Lipinski definition) is 1. The van der Waals surface area contributed by atoms with Crippen molar-refractivity contribution in [1.82, 2.24) is 4.98 Å². The maximum Gasteiger partial charge on any atom is 0.243 e. The van der Waals surface area contributed by atoms with Crippen LogP contribution in [0.4, 0.5) is 5.82 Å². The van der Waals surface area contributed by atoms with Crippen molar-refractivity contribution in [3.63, 3.8) is 0 Å². The number of nitrogens with one attached hydrogen (secondary N) is 1. The predicted octanol–water partition coefficient (Wildman–Crippen LogP) is 0.453. The Hall–Kier alpha value is -1.43. The van der Waals surface area contributed by atoms with Crippen LogP contribution in [0.15, 0.2) is 24.4 Å². The van der Waals surface area contributed by atoms with Crippen molar-refractivity contribution in [2.75, 3.05) is 11.6 Å². The third kappa shape index (κ3) is 3.32. The van der Waals surface area contributed by atoms with Gasteiger partial charge in [-0.15, -0.1) is 0 Å². The molecule has 1 rings (SSSR count). The van der Waals surface area contributed by atoms with E-state index in [9.17, 15) is 13.2 Å². The summed E-state index contributed by atoms with van der Waals surface area (Å²) in [5.74, 6) is -0.228. The Balaban J connectivity index is 2.73. The molecule has 6 heteroatoms. The van der Waals surface area contributed by atoms with Crippen LogP contribution in [-0.2, 0) is 14.6 Å². The summed E-state index contributed by atoms with van der Waals surface area (Å²) in [7, 11) is -3.36. The Labute approximate surface area is 88.4 Å².